The van der Waals surface area contributed by atoms with E-state index in [2.05, 4.69) is 0 Å². The van der Waals surface area contributed by atoms with Crippen molar-refractivity contribution in [1.29, 1.82) is 0 Å². The molecule has 0 heterocycles. The van der Waals surface area contributed by atoms with Crippen LogP contribution in [0.4, 0.5) is 13.2 Å². The second kappa shape index (κ2) is 6.41. The van der Waals surface area contributed by atoms with E-state index in [9.17, 15) is 26.1 Å². The van der Waals surface area contributed by atoms with E-state index in [4.69, 9.17) is 0 Å². The lowest BCUT2D eigenvalue weighted by molar-refractivity contribution is -0.0329. The Labute approximate surface area is 132 Å². The molecule has 0 unspecified atom stereocenters. The number of aryl methyl sites for hydroxylation is 1. The van der Waals surface area contributed by atoms with Gasteiger partial charge in [0.25, 0.3) is 10.1 Å². The molecule has 22 heavy (non-hydrogen) atoms. The lowest BCUT2D eigenvalue weighted by Crippen LogP contribution is -2.14. The van der Waals surface area contributed by atoms with E-state index in [0.717, 1.165) is 19.3 Å². The second-order valence-corrected chi connectivity index (χ2v) is 7.95. The molecule has 0 aliphatic heterocycles. The van der Waals surface area contributed by atoms with Crippen LogP contribution in [0.1, 0.15) is 49.1 Å². The van der Waals surface area contributed by atoms with Crippen molar-refractivity contribution in [3.63, 3.8) is 0 Å². The van der Waals surface area contributed by atoms with Gasteiger partial charge in [0.1, 0.15) is 0 Å². The SMILES string of the molecule is Cc1ccc(S(=O)(=O)O)c(C2CCCCC2)c1SC(F)(F)F. The molecule has 0 spiro atoms. The first-order valence-electron chi connectivity index (χ1n) is 6.96. The Morgan fingerprint density at radius 1 is 1.18 bits per heavy atom. The zero-order valence-corrected chi connectivity index (χ0v) is 13.6. The summed E-state index contributed by atoms with van der Waals surface area (Å²) in [7, 11) is -4.56. The molecule has 0 amide bonds. The molecule has 124 valence electrons. The van der Waals surface area contributed by atoms with E-state index in [-0.39, 0.29) is 28.1 Å². The standard InChI is InChI=1S/C14H17F3O3S2/c1-9-7-8-11(22(18,19)20)12(10-5-3-2-4-6-10)13(9)21-14(15,16)17/h7-8,10H,2-6H2,1H3,(H,18,19,20). The molecule has 1 N–H and O–H groups in total. The van der Waals surface area contributed by atoms with E-state index in [1.54, 1.807) is 0 Å². The highest BCUT2D eigenvalue weighted by molar-refractivity contribution is 8.00. The molecule has 1 aromatic carbocycles. The molecule has 1 aliphatic rings. The van der Waals surface area contributed by atoms with Crippen molar-refractivity contribution in [2.24, 2.45) is 0 Å². The minimum absolute atomic E-state index is 0.0884. The lowest BCUT2D eigenvalue weighted by Gasteiger charge is -2.27. The summed E-state index contributed by atoms with van der Waals surface area (Å²) in [5, 5.41) is 0. The smallest absolute Gasteiger partial charge is 0.282 e. The van der Waals surface area contributed by atoms with Crippen molar-refractivity contribution in [2.45, 2.75) is 60.2 Å². The summed E-state index contributed by atoms with van der Waals surface area (Å²) in [6, 6.07) is 2.51. The first-order valence-corrected chi connectivity index (χ1v) is 9.22. The van der Waals surface area contributed by atoms with Crippen LogP contribution in [0.25, 0.3) is 0 Å². The number of thioether (sulfide) groups is 1. The Balaban J connectivity index is 2.64. The van der Waals surface area contributed by atoms with E-state index in [0.29, 0.717) is 18.4 Å². The van der Waals surface area contributed by atoms with Crippen LogP contribution in [0.2, 0.25) is 0 Å². The van der Waals surface area contributed by atoms with Gasteiger partial charge in [0, 0.05) is 4.90 Å². The highest BCUT2D eigenvalue weighted by Crippen LogP contribution is 2.47. The predicted octanol–water partition coefficient (Wildman–Crippen LogP) is 4.90. The molecular formula is C14H17F3O3S2. The van der Waals surface area contributed by atoms with Crippen molar-refractivity contribution < 1.29 is 26.1 Å². The molecule has 1 aromatic rings. The third-order valence-electron chi connectivity index (χ3n) is 3.86. The second-order valence-electron chi connectivity index (χ2n) is 5.48. The Morgan fingerprint density at radius 2 is 1.77 bits per heavy atom. The Bertz CT molecular complexity index is 648. The van der Waals surface area contributed by atoms with Crippen molar-refractivity contribution in [3.8, 4) is 0 Å². The van der Waals surface area contributed by atoms with Gasteiger partial charge in [-0.3, -0.25) is 4.55 Å². The van der Waals surface area contributed by atoms with Gasteiger partial charge in [0.15, 0.2) is 0 Å². The molecule has 3 nitrogen and oxygen atoms in total. The number of hydrogen-bond donors (Lipinski definition) is 1. The monoisotopic (exact) mass is 354 g/mol. The molecule has 1 saturated carbocycles. The minimum atomic E-state index is -4.56. The fourth-order valence-electron chi connectivity index (χ4n) is 2.94. The van der Waals surface area contributed by atoms with Crippen LogP contribution in [-0.4, -0.2) is 18.5 Å². The minimum Gasteiger partial charge on any atom is -0.282 e. The van der Waals surface area contributed by atoms with Gasteiger partial charge in [0.05, 0.1) is 4.90 Å². The highest BCUT2D eigenvalue weighted by Gasteiger charge is 2.35. The summed E-state index contributed by atoms with van der Waals surface area (Å²) in [5.41, 5.74) is -4.01. The van der Waals surface area contributed by atoms with Gasteiger partial charge in [-0.15, -0.1) is 0 Å². The lowest BCUT2D eigenvalue weighted by atomic mass is 9.83. The number of halogens is 3. The van der Waals surface area contributed by atoms with Crippen LogP contribution in [0, 0.1) is 6.92 Å². The maximum Gasteiger partial charge on any atom is 0.446 e. The number of hydrogen-bond acceptors (Lipinski definition) is 3. The molecule has 8 heteroatoms. The molecule has 1 fully saturated rings. The van der Waals surface area contributed by atoms with Crippen molar-refractivity contribution in [3.05, 3.63) is 23.3 Å². The molecule has 2 rings (SSSR count). The Morgan fingerprint density at radius 3 is 2.27 bits per heavy atom. The molecule has 0 radical (unpaired) electrons. The van der Waals surface area contributed by atoms with Crippen LogP contribution < -0.4 is 0 Å². The van der Waals surface area contributed by atoms with Crippen LogP contribution in [0.15, 0.2) is 21.9 Å². The number of rotatable bonds is 3. The summed E-state index contributed by atoms with van der Waals surface area (Å²) in [4.78, 5) is -0.480. The third kappa shape index (κ3) is 4.17. The zero-order chi connectivity index (χ0) is 16.5. The van der Waals surface area contributed by atoms with Gasteiger partial charge in [-0.2, -0.15) is 21.6 Å². The highest BCUT2D eigenvalue weighted by atomic mass is 32.2. The maximum absolute atomic E-state index is 12.8. The van der Waals surface area contributed by atoms with Gasteiger partial charge in [-0.1, -0.05) is 25.3 Å². The first kappa shape index (κ1) is 17.6. The van der Waals surface area contributed by atoms with E-state index < -0.39 is 20.5 Å². The van der Waals surface area contributed by atoms with Crippen LogP contribution >= 0.6 is 11.8 Å². The molecule has 0 atom stereocenters. The van der Waals surface area contributed by atoms with Gasteiger partial charge in [-0.25, -0.2) is 0 Å². The number of alkyl halides is 3. The summed E-state index contributed by atoms with van der Waals surface area (Å²) in [5.74, 6) is -0.268. The molecule has 1 aliphatic carbocycles. The fourth-order valence-corrected chi connectivity index (χ4v) is 4.64. The van der Waals surface area contributed by atoms with Crippen LogP contribution in [-0.2, 0) is 10.1 Å². The summed E-state index contributed by atoms with van der Waals surface area (Å²) in [6.45, 7) is 1.52. The Hall–Kier alpha value is -0.730. The Kier molecular flexibility index (Phi) is 5.13. The van der Waals surface area contributed by atoms with Gasteiger partial charge >= 0.3 is 5.51 Å². The first-order chi connectivity index (χ1) is 10.1. The zero-order valence-electron chi connectivity index (χ0n) is 12.0. The average molecular weight is 354 g/mol. The molecular weight excluding hydrogens is 337 g/mol. The summed E-state index contributed by atoms with van der Waals surface area (Å²) < 4.78 is 71.1. The maximum atomic E-state index is 12.8. The van der Waals surface area contributed by atoms with Gasteiger partial charge in [0.2, 0.25) is 0 Å². The molecule has 0 aromatic heterocycles. The van der Waals surface area contributed by atoms with Crippen molar-refractivity contribution in [2.75, 3.05) is 0 Å². The van der Waals surface area contributed by atoms with Crippen LogP contribution in [0.5, 0.6) is 0 Å². The van der Waals surface area contributed by atoms with Gasteiger partial charge < -0.3 is 0 Å². The van der Waals surface area contributed by atoms with Crippen molar-refractivity contribution in [1.82, 2.24) is 0 Å². The van der Waals surface area contributed by atoms with Crippen LogP contribution in [0.3, 0.4) is 0 Å². The average Bonchev–Trinajstić information content (AvgIpc) is 2.39. The number of benzene rings is 1. The van der Waals surface area contributed by atoms with E-state index in [1.165, 1.54) is 19.1 Å². The summed E-state index contributed by atoms with van der Waals surface area (Å²) in [6.07, 6.45) is 3.96. The van der Waals surface area contributed by atoms with E-state index in [1.807, 2.05) is 0 Å². The van der Waals surface area contributed by atoms with Gasteiger partial charge in [-0.05, 0) is 54.6 Å². The fraction of sp³-hybridized carbons (Fsp3) is 0.571. The quantitative estimate of drug-likeness (QED) is 0.619. The predicted molar refractivity (Wildman–Crippen MR) is 78.7 cm³/mol. The third-order valence-corrected chi connectivity index (χ3v) is 5.75. The molecule has 0 saturated heterocycles. The van der Waals surface area contributed by atoms with E-state index >= 15 is 0 Å². The summed E-state index contributed by atoms with van der Waals surface area (Å²) >= 11 is -0.298. The normalized spacial score (nSPS) is 17.7. The molecule has 0 bridgehead atoms. The largest absolute Gasteiger partial charge is 0.446 e. The van der Waals surface area contributed by atoms with Crippen molar-refractivity contribution >= 4 is 21.9 Å². The topological polar surface area (TPSA) is 54.4 Å².